The predicted octanol–water partition coefficient (Wildman–Crippen LogP) is 3.59. The van der Waals surface area contributed by atoms with Gasteiger partial charge in [-0.05, 0) is 44.4 Å². The molecule has 0 amide bonds. The number of likely N-dealkylation sites (tertiary alicyclic amines) is 1. The minimum absolute atomic E-state index is 0.954. The van der Waals surface area contributed by atoms with Gasteiger partial charge in [-0.2, -0.15) is 0 Å². The lowest BCUT2D eigenvalue weighted by atomic mass is 9.90. The molecule has 3 rings (SSSR count). The zero-order valence-electron chi connectivity index (χ0n) is 14.6. The Morgan fingerprint density at radius 1 is 1.09 bits per heavy atom. The first-order chi connectivity index (χ1) is 11.1. The molecule has 0 atom stereocenters. The third-order valence-corrected chi connectivity index (χ3v) is 4.99. The van der Waals surface area contributed by atoms with Crippen LogP contribution >= 0.6 is 0 Å². The Bertz CT molecular complexity index is 659. The van der Waals surface area contributed by atoms with Crippen LogP contribution in [-0.4, -0.2) is 49.4 Å². The van der Waals surface area contributed by atoms with E-state index in [4.69, 9.17) is 4.99 Å². The molecule has 1 fully saturated rings. The number of allylic oxidation sites excluding steroid dienone is 1. The van der Waals surface area contributed by atoms with E-state index in [1.54, 1.807) is 5.57 Å². The summed E-state index contributed by atoms with van der Waals surface area (Å²) in [5.74, 6) is 1.10. The van der Waals surface area contributed by atoms with Crippen LogP contribution in [0, 0.1) is 0 Å². The lowest BCUT2D eigenvalue weighted by Crippen LogP contribution is -2.32. The third-order valence-electron chi connectivity index (χ3n) is 4.99. The fourth-order valence-electron chi connectivity index (χ4n) is 3.67. The molecule has 1 aromatic carbocycles. The van der Waals surface area contributed by atoms with Crippen molar-refractivity contribution in [3.05, 3.63) is 53.2 Å². The summed E-state index contributed by atoms with van der Waals surface area (Å²) in [5, 5.41) is 0. The molecule has 0 aliphatic carbocycles. The Hall–Kier alpha value is -1.87. The molecule has 0 saturated carbocycles. The highest BCUT2D eigenvalue weighted by Gasteiger charge is 2.27. The van der Waals surface area contributed by atoms with E-state index in [1.165, 1.54) is 16.7 Å². The second kappa shape index (κ2) is 6.71. The number of benzene rings is 1. The second-order valence-electron chi connectivity index (χ2n) is 6.62. The van der Waals surface area contributed by atoms with Crippen LogP contribution in [0.5, 0.6) is 0 Å². The van der Waals surface area contributed by atoms with Crippen molar-refractivity contribution >= 4 is 11.4 Å². The van der Waals surface area contributed by atoms with Gasteiger partial charge < -0.3 is 9.80 Å². The minimum atomic E-state index is 0.954. The first-order valence-electron chi connectivity index (χ1n) is 8.51. The van der Waals surface area contributed by atoms with Crippen LogP contribution in [0.2, 0.25) is 0 Å². The highest BCUT2D eigenvalue weighted by molar-refractivity contribution is 6.24. The Kier molecular flexibility index (Phi) is 4.67. The average Bonchev–Trinajstić information content (AvgIpc) is 2.72. The lowest BCUT2D eigenvalue weighted by molar-refractivity contribution is 0.313. The fourth-order valence-corrected chi connectivity index (χ4v) is 3.67. The number of fused-ring (bicyclic) bond motifs is 1. The van der Waals surface area contributed by atoms with Crippen molar-refractivity contribution in [1.82, 2.24) is 9.80 Å². The van der Waals surface area contributed by atoms with E-state index in [1.807, 2.05) is 7.05 Å². The number of hydrogen-bond donors (Lipinski definition) is 0. The van der Waals surface area contributed by atoms with Gasteiger partial charge in [0.05, 0.1) is 0 Å². The van der Waals surface area contributed by atoms with E-state index in [2.05, 4.69) is 54.6 Å². The fraction of sp³-hybridized carbons (Fsp3) is 0.450. The van der Waals surface area contributed by atoms with Crippen LogP contribution in [-0.2, 0) is 6.42 Å². The summed E-state index contributed by atoms with van der Waals surface area (Å²) in [6.45, 7) is 9.48. The zero-order valence-corrected chi connectivity index (χ0v) is 14.6. The quantitative estimate of drug-likeness (QED) is 0.789. The van der Waals surface area contributed by atoms with Crippen molar-refractivity contribution in [2.45, 2.75) is 26.2 Å². The highest BCUT2D eigenvalue weighted by Crippen LogP contribution is 2.34. The molecule has 0 radical (unpaired) electrons. The van der Waals surface area contributed by atoms with E-state index in [0.717, 1.165) is 50.4 Å². The number of aliphatic imine (C=N–C) groups is 1. The topological polar surface area (TPSA) is 18.8 Å². The number of amidine groups is 1. The smallest absolute Gasteiger partial charge is 0.135 e. The Morgan fingerprint density at radius 3 is 2.43 bits per heavy atom. The molecule has 0 bridgehead atoms. The first kappa shape index (κ1) is 16.0. The van der Waals surface area contributed by atoms with E-state index < -0.39 is 0 Å². The van der Waals surface area contributed by atoms with Gasteiger partial charge >= 0.3 is 0 Å². The van der Waals surface area contributed by atoms with Crippen molar-refractivity contribution in [2.24, 2.45) is 4.99 Å². The normalized spacial score (nSPS) is 21.3. The number of piperidine rings is 1. The first-order valence-corrected chi connectivity index (χ1v) is 8.51. The molecule has 0 unspecified atom stereocenters. The van der Waals surface area contributed by atoms with Gasteiger partial charge in [-0.1, -0.05) is 36.4 Å². The van der Waals surface area contributed by atoms with E-state index >= 15 is 0 Å². The molecule has 0 aromatic heterocycles. The average molecular weight is 309 g/mol. The van der Waals surface area contributed by atoms with Crippen molar-refractivity contribution in [2.75, 3.05) is 33.7 Å². The number of nitrogens with zero attached hydrogens (tertiary/aromatic N) is 3. The predicted molar refractivity (Wildman–Crippen MR) is 98.7 cm³/mol. The Morgan fingerprint density at radius 2 is 1.78 bits per heavy atom. The molecule has 1 saturated heterocycles. The van der Waals surface area contributed by atoms with Gasteiger partial charge in [-0.3, -0.25) is 4.99 Å². The lowest BCUT2D eigenvalue weighted by Gasteiger charge is -2.30. The molecule has 0 spiro atoms. The summed E-state index contributed by atoms with van der Waals surface area (Å²) in [6.07, 6.45) is 3.30. The van der Waals surface area contributed by atoms with E-state index in [0.29, 0.717) is 0 Å². The minimum Gasteiger partial charge on any atom is -0.331 e. The van der Waals surface area contributed by atoms with Gasteiger partial charge in [-0.15, -0.1) is 0 Å². The molecule has 2 aliphatic heterocycles. The van der Waals surface area contributed by atoms with Gasteiger partial charge in [0.15, 0.2) is 0 Å². The molecule has 2 heterocycles. The molecule has 0 N–H and O–H groups in total. The monoisotopic (exact) mass is 309 g/mol. The van der Waals surface area contributed by atoms with Crippen LogP contribution in [0.15, 0.2) is 47.1 Å². The summed E-state index contributed by atoms with van der Waals surface area (Å²) < 4.78 is 0. The molecular weight excluding hydrogens is 282 g/mol. The van der Waals surface area contributed by atoms with Crippen molar-refractivity contribution in [3.63, 3.8) is 0 Å². The number of rotatable bonds is 1. The molecule has 3 nitrogen and oxygen atoms in total. The maximum absolute atomic E-state index is 4.70. The van der Waals surface area contributed by atoms with Crippen LogP contribution in [0.1, 0.15) is 30.9 Å². The van der Waals surface area contributed by atoms with Gasteiger partial charge in [0, 0.05) is 38.0 Å². The zero-order chi connectivity index (χ0) is 16.4. The summed E-state index contributed by atoms with van der Waals surface area (Å²) in [7, 11) is 4.12. The maximum atomic E-state index is 4.70. The van der Waals surface area contributed by atoms with Crippen molar-refractivity contribution < 1.29 is 0 Å². The van der Waals surface area contributed by atoms with Crippen LogP contribution < -0.4 is 0 Å². The molecule has 1 aromatic rings. The van der Waals surface area contributed by atoms with Crippen molar-refractivity contribution in [1.29, 1.82) is 0 Å². The van der Waals surface area contributed by atoms with Gasteiger partial charge in [0.2, 0.25) is 0 Å². The van der Waals surface area contributed by atoms with Crippen LogP contribution in [0.3, 0.4) is 0 Å². The van der Waals surface area contributed by atoms with Gasteiger partial charge in [0.25, 0.3) is 0 Å². The van der Waals surface area contributed by atoms with Gasteiger partial charge in [0.1, 0.15) is 5.84 Å². The van der Waals surface area contributed by atoms with E-state index in [9.17, 15) is 0 Å². The molecular formula is C20H27N3. The molecule has 2 aliphatic rings. The highest BCUT2D eigenvalue weighted by atomic mass is 15.2. The van der Waals surface area contributed by atoms with Crippen LogP contribution in [0.4, 0.5) is 0 Å². The molecule has 122 valence electrons. The summed E-state index contributed by atoms with van der Waals surface area (Å²) in [5.41, 5.74) is 6.78. The molecule has 3 heteroatoms. The summed E-state index contributed by atoms with van der Waals surface area (Å²) >= 11 is 0. The third kappa shape index (κ3) is 3.11. The summed E-state index contributed by atoms with van der Waals surface area (Å²) in [6, 6.07) is 8.83. The Balaban J connectivity index is 2.17. The largest absolute Gasteiger partial charge is 0.331 e. The van der Waals surface area contributed by atoms with Crippen molar-refractivity contribution in [3.8, 4) is 0 Å². The maximum Gasteiger partial charge on any atom is 0.135 e. The van der Waals surface area contributed by atoms with Crippen LogP contribution in [0.25, 0.3) is 5.57 Å². The van der Waals surface area contributed by atoms with E-state index in [-0.39, 0.29) is 0 Å². The number of hydrogen-bond acceptors (Lipinski definition) is 2. The molecule has 23 heavy (non-hydrogen) atoms. The van der Waals surface area contributed by atoms with Gasteiger partial charge in [-0.25, -0.2) is 0 Å². The standard InChI is InChI=1S/C20H27N3/c1-15(2)23-14-11-16-7-5-6-8-18(16)19(20(23)21-3)17-9-12-22(4)13-10-17/h5-8H,1,9-14H2,2-4H3. The second-order valence-corrected chi connectivity index (χ2v) is 6.62. The summed E-state index contributed by atoms with van der Waals surface area (Å²) in [4.78, 5) is 9.40. The Labute approximate surface area is 140 Å². The SMILES string of the molecule is C=C(C)N1CCc2ccccc2C(=C2CCN(C)CC2)C1=NC.